The quantitative estimate of drug-likeness (QED) is 0.416. The van der Waals surface area contributed by atoms with E-state index in [1.54, 1.807) is 80.7 Å². The minimum Gasteiger partial charge on any atom is -0.497 e. The van der Waals surface area contributed by atoms with E-state index in [4.69, 9.17) is 14.6 Å². The fourth-order valence-corrected chi connectivity index (χ4v) is 4.09. The average Bonchev–Trinajstić information content (AvgIpc) is 3.32. The van der Waals surface area contributed by atoms with Gasteiger partial charge in [-0.1, -0.05) is 12.1 Å². The van der Waals surface area contributed by atoms with Crippen LogP contribution in [-0.2, 0) is 4.79 Å². The Morgan fingerprint density at radius 3 is 2.44 bits per heavy atom. The van der Waals surface area contributed by atoms with Crippen molar-refractivity contribution in [2.24, 2.45) is 0 Å². The third-order valence-electron chi connectivity index (χ3n) is 5.81. The Kier molecular flexibility index (Phi) is 6.07. The first-order valence-electron chi connectivity index (χ1n) is 11.1. The molecule has 0 spiro atoms. The largest absolute Gasteiger partial charge is 0.497 e. The number of anilines is 2. The molecule has 0 fully saturated rings. The molecule has 182 valence electrons. The van der Waals surface area contributed by atoms with Gasteiger partial charge in [-0.2, -0.15) is 4.98 Å². The van der Waals surface area contributed by atoms with Crippen LogP contribution in [0.15, 0.2) is 78.3 Å². The SMILES string of the molecule is COc1cc(OC)cc(-c2nc3n(n2)[C@@H](c2ccc(F)cc2)C(C(=O)Nc2cccnc2)=C(C)N3)c1. The predicted octanol–water partition coefficient (Wildman–Crippen LogP) is 4.42. The van der Waals surface area contributed by atoms with Gasteiger partial charge in [0.25, 0.3) is 5.91 Å². The summed E-state index contributed by atoms with van der Waals surface area (Å²) < 4.78 is 26.2. The molecular formula is C26H23FN6O3. The molecule has 1 atom stereocenters. The molecule has 1 aliphatic heterocycles. The number of nitrogens with one attached hydrogen (secondary N) is 2. The van der Waals surface area contributed by atoms with Crippen LogP contribution in [0.3, 0.4) is 0 Å². The number of allylic oxidation sites excluding steroid dienone is 1. The van der Waals surface area contributed by atoms with Crippen molar-refractivity contribution in [2.45, 2.75) is 13.0 Å². The number of nitrogens with zero attached hydrogens (tertiary/aromatic N) is 4. The van der Waals surface area contributed by atoms with E-state index < -0.39 is 6.04 Å². The summed E-state index contributed by atoms with van der Waals surface area (Å²) in [7, 11) is 3.13. The normalized spacial score (nSPS) is 14.6. The zero-order chi connectivity index (χ0) is 25.2. The summed E-state index contributed by atoms with van der Waals surface area (Å²) in [6, 6.07) is 14.2. The predicted molar refractivity (Wildman–Crippen MR) is 132 cm³/mol. The summed E-state index contributed by atoms with van der Waals surface area (Å²) in [5.41, 5.74) is 2.91. The van der Waals surface area contributed by atoms with Crippen LogP contribution >= 0.6 is 0 Å². The molecule has 1 amide bonds. The number of methoxy groups -OCH3 is 2. The van der Waals surface area contributed by atoms with E-state index in [0.29, 0.717) is 51.4 Å². The van der Waals surface area contributed by atoms with Crippen molar-refractivity contribution in [3.05, 3.63) is 89.6 Å². The van der Waals surface area contributed by atoms with Crippen LogP contribution in [0.25, 0.3) is 11.4 Å². The number of fused-ring (bicyclic) bond motifs is 1. The number of benzene rings is 2. The standard InChI is InChI=1S/C26H23FN6O3/c1-15-22(25(34)30-19-5-4-10-28-14-19)23(16-6-8-18(27)9-7-16)33-26(29-15)31-24(32-33)17-11-20(35-2)13-21(12-17)36-3/h4-14,23H,1-3H3,(H,30,34)(H,29,31,32)/t23-/m0/s1. The number of hydrogen-bond acceptors (Lipinski definition) is 7. The van der Waals surface area contributed by atoms with E-state index in [1.165, 1.54) is 12.1 Å². The van der Waals surface area contributed by atoms with Crippen molar-refractivity contribution in [3.8, 4) is 22.9 Å². The number of hydrogen-bond donors (Lipinski definition) is 2. The smallest absolute Gasteiger partial charge is 0.255 e. The van der Waals surface area contributed by atoms with Crippen molar-refractivity contribution in [2.75, 3.05) is 24.9 Å². The van der Waals surface area contributed by atoms with E-state index in [2.05, 4.69) is 20.6 Å². The minimum atomic E-state index is -0.660. The number of pyridine rings is 1. The summed E-state index contributed by atoms with van der Waals surface area (Å²) in [5.74, 6) is 1.31. The van der Waals surface area contributed by atoms with E-state index in [9.17, 15) is 9.18 Å². The lowest BCUT2D eigenvalue weighted by Crippen LogP contribution is -2.31. The first-order valence-corrected chi connectivity index (χ1v) is 11.1. The lowest BCUT2D eigenvalue weighted by Gasteiger charge is -2.28. The first-order chi connectivity index (χ1) is 17.5. The summed E-state index contributed by atoms with van der Waals surface area (Å²) in [6.45, 7) is 1.79. The molecule has 4 aromatic rings. The Morgan fingerprint density at radius 2 is 1.81 bits per heavy atom. The third kappa shape index (κ3) is 4.36. The van der Waals surface area contributed by atoms with Crippen LogP contribution in [0.4, 0.5) is 16.0 Å². The van der Waals surface area contributed by atoms with Gasteiger partial charge in [-0.15, -0.1) is 5.10 Å². The van der Waals surface area contributed by atoms with Crippen molar-refractivity contribution < 1.29 is 18.7 Å². The molecule has 0 aliphatic carbocycles. The summed E-state index contributed by atoms with van der Waals surface area (Å²) >= 11 is 0. The minimum absolute atomic E-state index is 0.340. The van der Waals surface area contributed by atoms with Gasteiger partial charge in [0, 0.05) is 23.5 Å². The number of amides is 1. The molecule has 5 rings (SSSR count). The number of halogens is 1. The second-order valence-corrected chi connectivity index (χ2v) is 8.12. The maximum Gasteiger partial charge on any atom is 0.255 e. The molecule has 2 aromatic carbocycles. The number of carbonyl (C=O) groups excluding carboxylic acids is 1. The van der Waals surface area contributed by atoms with Gasteiger partial charge >= 0.3 is 0 Å². The van der Waals surface area contributed by atoms with Gasteiger partial charge in [0.15, 0.2) is 5.82 Å². The molecule has 1 aliphatic rings. The molecule has 36 heavy (non-hydrogen) atoms. The molecule has 2 aromatic heterocycles. The Morgan fingerprint density at radius 1 is 1.08 bits per heavy atom. The lowest BCUT2D eigenvalue weighted by molar-refractivity contribution is -0.113. The summed E-state index contributed by atoms with van der Waals surface area (Å²) in [5, 5.41) is 10.8. The van der Waals surface area contributed by atoms with Gasteiger partial charge < -0.3 is 20.1 Å². The molecule has 10 heteroatoms. The molecule has 0 bridgehead atoms. The molecular weight excluding hydrogens is 463 g/mol. The highest BCUT2D eigenvalue weighted by molar-refractivity contribution is 6.05. The van der Waals surface area contributed by atoms with E-state index in [0.717, 1.165) is 0 Å². The van der Waals surface area contributed by atoms with Gasteiger partial charge in [0.2, 0.25) is 5.95 Å². The van der Waals surface area contributed by atoms with E-state index in [-0.39, 0.29) is 11.7 Å². The molecule has 3 heterocycles. The number of ether oxygens (including phenoxy) is 2. The monoisotopic (exact) mass is 486 g/mol. The Balaban J connectivity index is 1.61. The van der Waals surface area contributed by atoms with Gasteiger partial charge in [0.05, 0.1) is 31.7 Å². The van der Waals surface area contributed by atoms with Crippen molar-refractivity contribution in [3.63, 3.8) is 0 Å². The Bertz CT molecular complexity index is 1430. The van der Waals surface area contributed by atoms with Crippen LogP contribution in [0, 0.1) is 5.82 Å². The zero-order valence-corrected chi connectivity index (χ0v) is 19.8. The first kappa shape index (κ1) is 23.0. The van der Waals surface area contributed by atoms with Crippen LogP contribution in [0.5, 0.6) is 11.5 Å². The van der Waals surface area contributed by atoms with Gasteiger partial charge in [-0.25, -0.2) is 9.07 Å². The highest BCUT2D eigenvalue weighted by Gasteiger charge is 2.34. The topological polar surface area (TPSA) is 103 Å². The van der Waals surface area contributed by atoms with Crippen molar-refractivity contribution >= 4 is 17.5 Å². The molecule has 0 radical (unpaired) electrons. The fraction of sp³-hybridized carbons (Fsp3) is 0.154. The van der Waals surface area contributed by atoms with Gasteiger partial charge in [-0.3, -0.25) is 9.78 Å². The molecule has 9 nitrogen and oxygen atoms in total. The van der Waals surface area contributed by atoms with Crippen LogP contribution in [0.1, 0.15) is 18.5 Å². The van der Waals surface area contributed by atoms with Crippen LogP contribution < -0.4 is 20.1 Å². The lowest BCUT2D eigenvalue weighted by atomic mass is 9.95. The molecule has 2 N–H and O–H groups in total. The Labute approximate surface area is 206 Å². The zero-order valence-electron chi connectivity index (χ0n) is 19.8. The van der Waals surface area contributed by atoms with E-state index in [1.807, 2.05) is 0 Å². The van der Waals surface area contributed by atoms with Crippen LogP contribution in [0.2, 0.25) is 0 Å². The molecule has 0 unspecified atom stereocenters. The second-order valence-electron chi connectivity index (χ2n) is 8.12. The highest BCUT2D eigenvalue weighted by atomic mass is 19.1. The number of rotatable bonds is 6. The van der Waals surface area contributed by atoms with Crippen molar-refractivity contribution in [1.82, 2.24) is 19.7 Å². The molecule has 0 saturated heterocycles. The Hall–Kier alpha value is -4.73. The highest BCUT2D eigenvalue weighted by Crippen LogP contribution is 2.37. The summed E-state index contributed by atoms with van der Waals surface area (Å²) in [6.07, 6.45) is 3.19. The maximum atomic E-state index is 13.8. The number of aromatic nitrogens is 4. The second kappa shape index (κ2) is 9.49. The summed E-state index contributed by atoms with van der Waals surface area (Å²) in [4.78, 5) is 22.2. The maximum absolute atomic E-state index is 13.8. The van der Waals surface area contributed by atoms with E-state index >= 15 is 0 Å². The average molecular weight is 487 g/mol. The van der Waals surface area contributed by atoms with Gasteiger partial charge in [0.1, 0.15) is 23.4 Å². The van der Waals surface area contributed by atoms with Crippen LogP contribution in [-0.4, -0.2) is 39.9 Å². The van der Waals surface area contributed by atoms with Crippen molar-refractivity contribution in [1.29, 1.82) is 0 Å². The number of carbonyl (C=O) groups is 1. The van der Waals surface area contributed by atoms with Gasteiger partial charge in [-0.05, 0) is 48.9 Å². The fourth-order valence-electron chi connectivity index (χ4n) is 4.09. The third-order valence-corrected chi connectivity index (χ3v) is 5.81. The molecule has 0 saturated carbocycles.